The molecule has 0 aliphatic carbocycles. The number of anilines is 3. The zero-order chi connectivity index (χ0) is 22.4. The maximum atomic E-state index is 11.4. The van der Waals surface area contributed by atoms with E-state index < -0.39 is 5.97 Å². The predicted molar refractivity (Wildman–Crippen MR) is 120 cm³/mol. The molecule has 7 nitrogen and oxygen atoms in total. The Morgan fingerprint density at radius 3 is 2.52 bits per heavy atom. The topological polar surface area (TPSA) is 94.8 Å². The lowest BCUT2D eigenvalue weighted by Gasteiger charge is -2.38. The van der Waals surface area contributed by atoms with Crippen molar-refractivity contribution in [3.05, 3.63) is 53.6 Å². The molecule has 7 heteroatoms. The number of carboxylic acid groups (broad SMARTS) is 1. The third kappa shape index (κ3) is 5.97. The third-order valence-electron chi connectivity index (χ3n) is 5.33. The number of nitriles is 1. The molecule has 1 fully saturated rings. The molecule has 1 aliphatic heterocycles. The summed E-state index contributed by atoms with van der Waals surface area (Å²) in [6.07, 6.45) is 0.216. The van der Waals surface area contributed by atoms with Crippen LogP contribution in [0.1, 0.15) is 37.3 Å². The first-order chi connectivity index (χ1) is 14.9. The molecule has 1 unspecified atom stereocenters. The van der Waals surface area contributed by atoms with E-state index in [2.05, 4.69) is 30.1 Å². The molecule has 2 aromatic rings. The van der Waals surface area contributed by atoms with E-state index in [4.69, 9.17) is 14.7 Å². The van der Waals surface area contributed by atoms with Gasteiger partial charge in [-0.25, -0.2) is 0 Å². The van der Waals surface area contributed by atoms with E-state index in [1.54, 1.807) is 19.2 Å². The molecule has 3 rings (SSSR count). The number of rotatable bonds is 8. The number of methoxy groups -OCH3 is 1. The number of morpholine rings is 1. The zero-order valence-electron chi connectivity index (χ0n) is 18.2. The quantitative estimate of drug-likeness (QED) is 0.659. The fourth-order valence-electron chi connectivity index (χ4n) is 4.03. The highest BCUT2D eigenvalue weighted by molar-refractivity contribution is 5.77. The second-order valence-corrected chi connectivity index (χ2v) is 8.00. The number of hydrogen-bond donors (Lipinski definition) is 2. The summed E-state index contributed by atoms with van der Waals surface area (Å²) < 4.78 is 11.2. The molecule has 0 saturated carbocycles. The van der Waals surface area contributed by atoms with Crippen molar-refractivity contribution in [2.24, 2.45) is 0 Å². The molecular weight excluding hydrogens is 394 g/mol. The zero-order valence-corrected chi connectivity index (χ0v) is 18.2. The van der Waals surface area contributed by atoms with Crippen molar-refractivity contribution in [1.29, 1.82) is 5.26 Å². The Kier molecular flexibility index (Phi) is 7.50. The summed E-state index contributed by atoms with van der Waals surface area (Å²) in [5.74, 6) is -1.11. The Labute approximate surface area is 183 Å². The first-order valence-electron chi connectivity index (χ1n) is 10.4. The van der Waals surface area contributed by atoms with Gasteiger partial charge in [-0.2, -0.15) is 5.26 Å². The summed E-state index contributed by atoms with van der Waals surface area (Å²) in [5, 5.41) is 21.8. The van der Waals surface area contributed by atoms with Crippen molar-refractivity contribution in [2.45, 2.75) is 38.4 Å². The predicted octanol–water partition coefficient (Wildman–Crippen LogP) is 4.12. The van der Waals surface area contributed by atoms with Crippen LogP contribution in [0.15, 0.2) is 42.5 Å². The molecule has 2 N–H and O–H groups in total. The summed E-state index contributed by atoms with van der Waals surface area (Å²) in [6.45, 7) is 5.98. The lowest BCUT2D eigenvalue weighted by atomic mass is 9.95. The first-order valence-corrected chi connectivity index (χ1v) is 10.4. The number of carboxylic acids is 1. The molecule has 1 saturated heterocycles. The average molecular weight is 424 g/mol. The van der Waals surface area contributed by atoms with E-state index in [0.717, 1.165) is 35.7 Å². The standard InChI is InChI=1S/C24H29N3O4/c1-16-13-27(14-17(2)31-16)23-9-6-19(20(15-30-3)11-24(28)29)10-22(23)26-21-7-4-18(12-25)5-8-21/h4-10,16-17,20,26H,11,13-15H2,1-3H3,(H,28,29)/t16-,17+,20?. The number of ether oxygens (including phenoxy) is 2. The van der Waals surface area contributed by atoms with Gasteiger partial charge in [-0.15, -0.1) is 0 Å². The normalized spacial score (nSPS) is 19.5. The molecular formula is C24H29N3O4. The van der Waals surface area contributed by atoms with Gasteiger partial charge in [-0.05, 0) is 55.8 Å². The summed E-state index contributed by atoms with van der Waals surface area (Å²) in [5.41, 5.74) is 4.26. The van der Waals surface area contributed by atoms with Crippen molar-refractivity contribution >= 4 is 23.0 Å². The minimum absolute atomic E-state index is 0.00485. The Morgan fingerprint density at radius 2 is 1.94 bits per heavy atom. The van der Waals surface area contributed by atoms with Crippen molar-refractivity contribution in [3.63, 3.8) is 0 Å². The van der Waals surface area contributed by atoms with Gasteiger partial charge < -0.3 is 24.8 Å². The Morgan fingerprint density at radius 1 is 1.26 bits per heavy atom. The molecule has 1 aliphatic rings. The van der Waals surface area contributed by atoms with Crippen LogP contribution in [0.25, 0.3) is 0 Å². The monoisotopic (exact) mass is 423 g/mol. The van der Waals surface area contributed by atoms with E-state index in [1.165, 1.54) is 0 Å². The summed E-state index contributed by atoms with van der Waals surface area (Å²) in [6, 6.07) is 15.4. The lowest BCUT2D eigenvalue weighted by Crippen LogP contribution is -2.45. The van der Waals surface area contributed by atoms with Crippen LogP contribution in [0.2, 0.25) is 0 Å². The number of hydrogen-bond acceptors (Lipinski definition) is 6. The summed E-state index contributed by atoms with van der Waals surface area (Å²) in [4.78, 5) is 13.6. The summed E-state index contributed by atoms with van der Waals surface area (Å²) >= 11 is 0. The van der Waals surface area contributed by atoms with Gasteiger partial charge in [0, 0.05) is 31.8 Å². The number of benzene rings is 2. The van der Waals surface area contributed by atoms with Crippen molar-refractivity contribution in [1.82, 2.24) is 0 Å². The van der Waals surface area contributed by atoms with Gasteiger partial charge in [0.05, 0.1) is 48.2 Å². The van der Waals surface area contributed by atoms with Gasteiger partial charge in [0.2, 0.25) is 0 Å². The molecule has 0 aromatic heterocycles. The minimum Gasteiger partial charge on any atom is -0.481 e. The van der Waals surface area contributed by atoms with Crippen LogP contribution in [0, 0.1) is 11.3 Å². The number of carbonyl (C=O) groups is 1. The van der Waals surface area contributed by atoms with E-state index in [-0.39, 0.29) is 24.5 Å². The van der Waals surface area contributed by atoms with Gasteiger partial charge in [-0.1, -0.05) is 6.07 Å². The molecule has 0 amide bonds. The smallest absolute Gasteiger partial charge is 0.304 e. The highest BCUT2D eigenvalue weighted by Gasteiger charge is 2.25. The minimum atomic E-state index is -0.858. The van der Waals surface area contributed by atoms with E-state index in [0.29, 0.717) is 12.2 Å². The van der Waals surface area contributed by atoms with E-state index in [9.17, 15) is 9.90 Å². The van der Waals surface area contributed by atoms with Crippen LogP contribution in [0.3, 0.4) is 0 Å². The van der Waals surface area contributed by atoms with Gasteiger partial charge in [0.15, 0.2) is 0 Å². The highest BCUT2D eigenvalue weighted by Crippen LogP contribution is 2.35. The molecule has 0 spiro atoms. The maximum absolute atomic E-state index is 11.4. The van der Waals surface area contributed by atoms with Crippen molar-refractivity contribution in [2.75, 3.05) is 37.0 Å². The molecule has 0 bridgehead atoms. The summed E-state index contributed by atoms with van der Waals surface area (Å²) in [7, 11) is 1.58. The Bertz CT molecular complexity index is 929. The third-order valence-corrected chi connectivity index (χ3v) is 5.33. The van der Waals surface area contributed by atoms with Gasteiger partial charge in [0.1, 0.15) is 0 Å². The largest absolute Gasteiger partial charge is 0.481 e. The van der Waals surface area contributed by atoms with E-state index in [1.807, 2.05) is 30.3 Å². The van der Waals surface area contributed by atoms with Gasteiger partial charge >= 0.3 is 5.97 Å². The average Bonchev–Trinajstić information content (AvgIpc) is 2.73. The van der Waals surface area contributed by atoms with Crippen LogP contribution in [0.5, 0.6) is 0 Å². The maximum Gasteiger partial charge on any atom is 0.304 e. The van der Waals surface area contributed by atoms with Crippen LogP contribution in [-0.2, 0) is 14.3 Å². The van der Waals surface area contributed by atoms with E-state index >= 15 is 0 Å². The molecule has 164 valence electrons. The fraction of sp³-hybridized carbons (Fsp3) is 0.417. The Balaban J connectivity index is 1.98. The van der Waals surface area contributed by atoms with Crippen LogP contribution in [-0.4, -0.2) is 50.1 Å². The first kappa shape index (κ1) is 22.6. The SMILES string of the molecule is COCC(CC(=O)O)c1ccc(N2C[C@@H](C)O[C@@H](C)C2)c(Nc2ccc(C#N)cc2)c1. The van der Waals surface area contributed by atoms with Crippen LogP contribution >= 0.6 is 0 Å². The number of nitrogens with one attached hydrogen (secondary N) is 1. The van der Waals surface area contributed by atoms with Crippen LogP contribution < -0.4 is 10.2 Å². The Hall–Kier alpha value is -3.08. The van der Waals surface area contributed by atoms with Crippen LogP contribution in [0.4, 0.5) is 17.1 Å². The van der Waals surface area contributed by atoms with Crippen molar-refractivity contribution < 1.29 is 19.4 Å². The number of nitrogens with zero attached hydrogens (tertiary/aromatic N) is 2. The van der Waals surface area contributed by atoms with Gasteiger partial charge in [0.25, 0.3) is 0 Å². The van der Waals surface area contributed by atoms with Crippen molar-refractivity contribution in [3.8, 4) is 6.07 Å². The molecule has 2 aromatic carbocycles. The molecule has 31 heavy (non-hydrogen) atoms. The molecule has 3 atom stereocenters. The number of aliphatic carboxylic acids is 1. The molecule has 1 heterocycles. The van der Waals surface area contributed by atoms with Gasteiger partial charge in [-0.3, -0.25) is 4.79 Å². The highest BCUT2D eigenvalue weighted by atomic mass is 16.5. The fourth-order valence-corrected chi connectivity index (χ4v) is 4.03. The molecule has 0 radical (unpaired) electrons. The lowest BCUT2D eigenvalue weighted by molar-refractivity contribution is -0.137. The second-order valence-electron chi connectivity index (χ2n) is 8.00. The second kappa shape index (κ2) is 10.3.